The van der Waals surface area contributed by atoms with Crippen LogP contribution in [-0.2, 0) is 13.6 Å². The monoisotopic (exact) mass is 359 g/mol. The quantitative estimate of drug-likeness (QED) is 0.745. The molecule has 0 amide bonds. The van der Waals surface area contributed by atoms with Gasteiger partial charge in [0.05, 0.1) is 12.6 Å². The Labute approximate surface area is 151 Å². The number of nitrogens with one attached hydrogen (secondary N) is 1. The molecular formula is C18H25N5O3. The molecule has 0 bridgehead atoms. The van der Waals surface area contributed by atoms with Crippen LogP contribution in [0.15, 0.2) is 27.9 Å². The molecule has 3 heterocycles. The summed E-state index contributed by atoms with van der Waals surface area (Å²) in [4.78, 5) is 41.3. The minimum Gasteiger partial charge on any atom is -0.384 e. The Morgan fingerprint density at radius 2 is 2.15 bits per heavy atom. The summed E-state index contributed by atoms with van der Waals surface area (Å²) in [5.41, 5.74) is 5.75. The van der Waals surface area contributed by atoms with E-state index in [0.29, 0.717) is 13.0 Å². The van der Waals surface area contributed by atoms with Crippen LogP contribution in [0, 0.1) is 0 Å². The van der Waals surface area contributed by atoms with Crippen molar-refractivity contribution in [1.29, 1.82) is 0 Å². The van der Waals surface area contributed by atoms with Gasteiger partial charge in [0.2, 0.25) is 0 Å². The van der Waals surface area contributed by atoms with E-state index < -0.39 is 11.2 Å². The van der Waals surface area contributed by atoms with Crippen molar-refractivity contribution in [1.82, 2.24) is 19.0 Å². The Kier molecular flexibility index (Phi) is 5.13. The highest BCUT2D eigenvalue weighted by atomic mass is 16.2. The van der Waals surface area contributed by atoms with Gasteiger partial charge in [-0.05, 0) is 37.9 Å². The molecule has 8 heteroatoms. The molecule has 0 saturated carbocycles. The molecule has 1 atom stereocenters. The molecular weight excluding hydrogens is 334 g/mol. The Bertz CT molecular complexity index is 924. The number of Topliss-reactive ketones (excluding diaryl/α,β-unsaturated/α-hetero) is 1. The van der Waals surface area contributed by atoms with Crippen molar-refractivity contribution in [2.24, 2.45) is 7.05 Å². The second-order valence-corrected chi connectivity index (χ2v) is 6.77. The van der Waals surface area contributed by atoms with Crippen LogP contribution in [-0.4, -0.2) is 37.9 Å². The number of aryl methyl sites for hydroxylation is 1. The van der Waals surface area contributed by atoms with E-state index in [9.17, 15) is 14.4 Å². The Morgan fingerprint density at radius 3 is 2.81 bits per heavy atom. The SMILES string of the molecule is CCCn1c(N)c(C(=O)CN2CCC[C@H]2c2cccn2C)c(=O)[nH]c1=O. The number of anilines is 1. The Hall–Kier alpha value is -2.61. The summed E-state index contributed by atoms with van der Waals surface area (Å²) in [6.45, 7) is 3.14. The number of H-pyrrole nitrogens is 1. The third kappa shape index (κ3) is 3.24. The molecule has 0 aromatic carbocycles. The van der Waals surface area contributed by atoms with Crippen molar-refractivity contribution < 1.29 is 4.79 Å². The number of aromatic amines is 1. The van der Waals surface area contributed by atoms with Gasteiger partial charge in [-0.25, -0.2) is 4.79 Å². The van der Waals surface area contributed by atoms with Crippen molar-refractivity contribution in [3.05, 3.63) is 50.4 Å². The molecule has 0 spiro atoms. The number of aromatic nitrogens is 3. The van der Waals surface area contributed by atoms with E-state index in [0.717, 1.165) is 25.1 Å². The molecule has 8 nitrogen and oxygen atoms in total. The van der Waals surface area contributed by atoms with Crippen molar-refractivity contribution in [3.8, 4) is 0 Å². The smallest absolute Gasteiger partial charge is 0.329 e. The first-order valence-corrected chi connectivity index (χ1v) is 8.95. The lowest BCUT2D eigenvalue weighted by Crippen LogP contribution is -2.39. The standard InChI is InChI=1S/C18H25N5O3/c1-3-8-23-16(19)15(17(25)20-18(23)26)14(24)11-22-10-5-7-13(22)12-6-4-9-21(12)2/h4,6,9,13H,3,5,7-8,10-11,19H2,1-2H3,(H,20,25,26)/t13-/m0/s1. The molecule has 2 aromatic rings. The van der Waals surface area contributed by atoms with Crippen LogP contribution < -0.4 is 17.0 Å². The van der Waals surface area contributed by atoms with E-state index in [2.05, 4.69) is 20.5 Å². The second-order valence-electron chi connectivity index (χ2n) is 6.77. The molecule has 1 aliphatic rings. The zero-order valence-electron chi connectivity index (χ0n) is 15.2. The maximum absolute atomic E-state index is 12.8. The van der Waals surface area contributed by atoms with E-state index in [-0.39, 0.29) is 29.8 Å². The lowest BCUT2D eigenvalue weighted by molar-refractivity contribution is 0.0918. The van der Waals surface area contributed by atoms with Crippen LogP contribution in [0.25, 0.3) is 0 Å². The van der Waals surface area contributed by atoms with Crippen molar-refractivity contribution in [2.45, 2.75) is 38.8 Å². The summed E-state index contributed by atoms with van der Waals surface area (Å²) < 4.78 is 3.31. The number of hydrogen-bond donors (Lipinski definition) is 2. The first-order chi connectivity index (χ1) is 12.4. The fourth-order valence-electron chi connectivity index (χ4n) is 3.74. The summed E-state index contributed by atoms with van der Waals surface area (Å²) in [5.74, 6) is -0.394. The molecule has 26 heavy (non-hydrogen) atoms. The number of carbonyl (C=O) groups excluding carboxylic acids is 1. The number of ketones is 1. The van der Waals surface area contributed by atoms with Gasteiger partial charge in [-0.2, -0.15) is 0 Å². The average molecular weight is 359 g/mol. The van der Waals surface area contributed by atoms with E-state index in [1.54, 1.807) is 0 Å². The topological polar surface area (TPSA) is 106 Å². The van der Waals surface area contributed by atoms with Crippen molar-refractivity contribution in [3.63, 3.8) is 0 Å². The lowest BCUT2D eigenvalue weighted by atomic mass is 10.1. The molecule has 0 radical (unpaired) electrons. The largest absolute Gasteiger partial charge is 0.384 e. The number of rotatable bonds is 6. The summed E-state index contributed by atoms with van der Waals surface area (Å²) in [7, 11) is 1.98. The highest BCUT2D eigenvalue weighted by Gasteiger charge is 2.30. The fraction of sp³-hybridized carbons (Fsp3) is 0.500. The van der Waals surface area contributed by atoms with Crippen LogP contribution in [0.5, 0.6) is 0 Å². The van der Waals surface area contributed by atoms with Gasteiger partial charge in [0.25, 0.3) is 5.56 Å². The summed E-state index contributed by atoms with van der Waals surface area (Å²) in [6.07, 6.45) is 4.61. The number of nitrogens with zero attached hydrogens (tertiary/aromatic N) is 3. The summed E-state index contributed by atoms with van der Waals surface area (Å²) >= 11 is 0. The summed E-state index contributed by atoms with van der Waals surface area (Å²) in [6, 6.07) is 4.17. The molecule has 3 N–H and O–H groups in total. The molecule has 3 rings (SSSR count). The van der Waals surface area contributed by atoms with Crippen molar-refractivity contribution >= 4 is 11.6 Å². The van der Waals surface area contributed by atoms with Gasteiger partial charge in [-0.1, -0.05) is 6.92 Å². The first kappa shape index (κ1) is 18.2. The maximum atomic E-state index is 12.8. The number of nitrogen functional groups attached to an aromatic ring is 1. The van der Waals surface area contributed by atoms with E-state index in [4.69, 9.17) is 5.73 Å². The molecule has 1 aliphatic heterocycles. The van der Waals surface area contributed by atoms with E-state index in [1.165, 1.54) is 4.57 Å². The van der Waals surface area contributed by atoms with Crippen LogP contribution in [0.3, 0.4) is 0 Å². The van der Waals surface area contributed by atoms with Crippen LogP contribution in [0.1, 0.15) is 48.3 Å². The average Bonchev–Trinajstić information content (AvgIpc) is 3.19. The number of nitrogens with two attached hydrogens (primary N) is 1. The molecule has 1 fully saturated rings. The number of carbonyl (C=O) groups is 1. The minimum absolute atomic E-state index is 0.0415. The third-order valence-electron chi connectivity index (χ3n) is 5.00. The van der Waals surface area contributed by atoms with Crippen LogP contribution >= 0.6 is 0 Å². The summed E-state index contributed by atoms with van der Waals surface area (Å²) in [5, 5.41) is 0. The third-order valence-corrected chi connectivity index (χ3v) is 5.00. The minimum atomic E-state index is -0.709. The van der Waals surface area contributed by atoms with Gasteiger partial charge in [-0.15, -0.1) is 0 Å². The predicted octanol–water partition coefficient (Wildman–Crippen LogP) is 0.887. The Balaban J connectivity index is 1.89. The second kappa shape index (κ2) is 7.33. The van der Waals surface area contributed by atoms with E-state index >= 15 is 0 Å². The van der Waals surface area contributed by atoms with Gasteiger partial charge in [0, 0.05) is 25.5 Å². The zero-order chi connectivity index (χ0) is 18.8. The first-order valence-electron chi connectivity index (χ1n) is 8.95. The highest BCUT2D eigenvalue weighted by molar-refractivity contribution is 6.01. The number of hydrogen-bond acceptors (Lipinski definition) is 5. The maximum Gasteiger partial charge on any atom is 0.329 e. The van der Waals surface area contributed by atoms with Gasteiger partial charge in [0.15, 0.2) is 5.78 Å². The van der Waals surface area contributed by atoms with Gasteiger partial charge in [0.1, 0.15) is 11.4 Å². The lowest BCUT2D eigenvalue weighted by Gasteiger charge is -2.24. The van der Waals surface area contributed by atoms with E-state index in [1.807, 2.05) is 26.2 Å². The predicted molar refractivity (Wildman–Crippen MR) is 99.3 cm³/mol. The van der Waals surface area contributed by atoms with Crippen molar-refractivity contribution in [2.75, 3.05) is 18.8 Å². The molecule has 140 valence electrons. The van der Waals surface area contributed by atoms with Crippen LogP contribution in [0.2, 0.25) is 0 Å². The Morgan fingerprint density at radius 1 is 1.38 bits per heavy atom. The highest BCUT2D eigenvalue weighted by Crippen LogP contribution is 2.31. The molecule has 0 aliphatic carbocycles. The molecule has 1 saturated heterocycles. The van der Waals surface area contributed by atoms with Gasteiger partial charge >= 0.3 is 5.69 Å². The van der Waals surface area contributed by atoms with Gasteiger partial charge in [-0.3, -0.25) is 24.0 Å². The van der Waals surface area contributed by atoms with Gasteiger partial charge < -0.3 is 10.3 Å². The fourth-order valence-corrected chi connectivity index (χ4v) is 3.74. The molecule has 0 unspecified atom stereocenters. The normalized spacial score (nSPS) is 17.7. The zero-order valence-corrected chi connectivity index (χ0v) is 15.2. The number of likely N-dealkylation sites (tertiary alicyclic amines) is 1. The van der Waals surface area contributed by atoms with Crippen LogP contribution in [0.4, 0.5) is 5.82 Å². The molecule has 2 aromatic heterocycles.